The lowest BCUT2D eigenvalue weighted by Gasteiger charge is -2.13. The summed E-state index contributed by atoms with van der Waals surface area (Å²) in [7, 11) is 0. The van der Waals surface area contributed by atoms with E-state index in [1.54, 1.807) is 0 Å². The number of amides is 1. The molecular weight excluding hydrogens is 286 g/mol. The molecule has 0 aromatic carbocycles. The van der Waals surface area contributed by atoms with E-state index in [4.69, 9.17) is 11.5 Å². The minimum absolute atomic E-state index is 0.310. The van der Waals surface area contributed by atoms with Crippen LogP contribution in [0.3, 0.4) is 0 Å². The second kappa shape index (κ2) is 6.41. The van der Waals surface area contributed by atoms with Crippen molar-refractivity contribution in [2.24, 2.45) is 5.73 Å². The molecule has 0 saturated carbocycles. The standard InChI is InChI=1S/C15H21N3O2S/c1-3-4-5-6-10(19)9-7-8(2)18-15-11(9)12(16)13(21-15)14(17)20/h7,10,19H,3-6,16H2,1-2H3,(H2,17,20). The first-order valence-corrected chi connectivity index (χ1v) is 7.94. The van der Waals surface area contributed by atoms with Crippen molar-refractivity contribution >= 4 is 33.1 Å². The van der Waals surface area contributed by atoms with Gasteiger partial charge in [-0.2, -0.15) is 0 Å². The number of aliphatic hydroxyl groups excluding tert-OH is 1. The van der Waals surface area contributed by atoms with Crippen LogP contribution in [-0.2, 0) is 0 Å². The van der Waals surface area contributed by atoms with Gasteiger partial charge in [-0.25, -0.2) is 4.98 Å². The van der Waals surface area contributed by atoms with Crippen molar-refractivity contribution in [2.75, 3.05) is 5.73 Å². The number of aliphatic hydroxyl groups is 1. The summed E-state index contributed by atoms with van der Waals surface area (Å²) < 4.78 is 0. The first-order valence-electron chi connectivity index (χ1n) is 7.13. The molecule has 2 aromatic heterocycles. The molecule has 114 valence electrons. The molecule has 0 spiro atoms. The summed E-state index contributed by atoms with van der Waals surface area (Å²) in [5.41, 5.74) is 13.3. The van der Waals surface area contributed by atoms with Crippen LogP contribution in [0.1, 0.15) is 59.6 Å². The molecule has 0 aliphatic carbocycles. The molecule has 2 heterocycles. The quantitative estimate of drug-likeness (QED) is 0.714. The summed E-state index contributed by atoms with van der Waals surface area (Å²) in [5.74, 6) is -0.556. The Balaban J connectivity index is 2.49. The maximum absolute atomic E-state index is 11.4. The monoisotopic (exact) mass is 307 g/mol. The molecule has 0 aliphatic rings. The van der Waals surface area contributed by atoms with E-state index in [1.165, 1.54) is 11.3 Å². The fraction of sp³-hybridized carbons (Fsp3) is 0.467. The van der Waals surface area contributed by atoms with Crippen molar-refractivity contribution in [3.63, 3.8) is 0 Å². The van der Waals surface area contributed by atoms with Crippen LogP contribution in [0.4, 0.5) is 5.69 Å². The van der Waals surface area contributed by atoms with Gasteiger partial charge in [-0.15, -0.1) is 11.3 Å². The van der Waals surface area contributed by atoms with Gasteiger partial charge in [0.1, 0.15) is 9.71 Å². The van der Waals surface area contributed by atoms with Gasteiger partial charge in [0.15, 0.2) is 0 Å². The Bertz CT molecular complexity index is 666. The van der Waals surface area contributed by atoms with E-state index in [-0.39, 0.29) is 0 Å². The number of aromatic nitrogens is 1. The Hall–Kier alpha value is -1.66. The van der Waals surface area contributed by atoms with Crippen molar-refractivity contribution in [1.29, 1.82) is 0 Å². The number of fused-ring (bicyclic) bond motifs is 1. The number of nitrogens with two attached hydrogens (primary N) is 2. The van der Waals surface area contributed by atoms with Crippen LogP contribution in [-0.4, -0.2) is 16.0 Å². The molecule has 0 fully saturated rings. The molecular formula is C15H21N3O2S. The zero-order valence-corrected chi connectivity index (χ0v) is 13.2. The summed E-state index contributed by atoms with van der Waals surface area (Å²) in [4.78, 5) is 16.8. The molecule has 5 N–H and O–H groups in total. The van der Waals surface area contributed by atoms with Crippen LogP contribution in [0.25, 0.3) is 10.2 Å². The van der Waals surface area contributed by atoms with Crippen molar-refractivity contribution in [2.45, 2.75) is 45.6 Å². The van der Waals surface area contributed by atoms with Crippen molar-refractivity contribution in [3.05, 3.63) is 22.2 Å². The summed E-state index contributed by atoms with van der Waals surface area (Å²) in [6.45, 7) is 3.98. The highest BCUT2D eigenvalue weighted by Gasteiger charge is 2.21. The predicted octanol–water partition coefficient (Wildman–Crippen LogP) is 2.90. The smallest absolute Gasteiger partial charge is 0.260 e. The highest BCUT2D eigenvalue weighted by molar-refractivity contribution is 7.21. The van der Waals surface area contributed by atoms with Gasteiger partial charge >= 0.3 is 0 Å². The number of nitrogens with zero attached hydrogens (tertiary/aromatic N) is 1. The molecule has 0 bridgehead atoms. The number of carbonyl (C=O) groups is 1. The number of carbonyl (C=O) groups excluding carboxylic acids is 1. The van der Waals surface area contributed by atoms with Gasteiger partial charge < -0.3 is 16.6 Å². The SMILES string of the molecule is CCCCCC(O)c1cc(C)nc2sc(C(N)=O)c(N)c12. The van der Waals surface area contributed by atoms with Gasteiger partial charge in [-0.3, -0.25) is 4.79 Å². The lowest BCUT2D eigenvalue weighted by atomic mass is 9.99. The second-order valence-corrected chi connectivity index (χ2v) is 6.25. The highest BCUT2D eigenvalue weighted by Crippen LogP contribution is 2.38. The predicted molar refractivity (Wildman–Crippen MR) is 86.4 cm³/mol. The number of thiophene rings is 1. The largest absolute Gasteiger partial charge is 0.397 e. The van der Waals surface area contributed by atoms with E-state index in [2.05, 4.69) is 11.9 Å². The number of nitrogen functional groups attached to an aromatic ring is 1. The molecule has 2 rings (SSSR count). The van der Waals surface area contributed by atoms with E-state index in [0.29, 0.717) is 27.2 Å². The topological polar surface area (TPSA) is 102 Å². The fourth-order valence-electron chi connectivity index (χ4n) is 2.47. The Morgan fingerprint density at radius 1 is 1.48 bits per heavy atom. The Morgan fingerprint density at radius 3 is 2.81 bits per heavy atom. The third kappa shape index (κ3) is 3.16. The van der Waals surface area contributed by atoms with Crippen LogP contribution in [0.5, 0.6) is 0 Å². The fourth-order valence-corrected chi connectivity index (χ4v) is 3.49. The van der Waals surface area contributed by atoms with Crippen molar-refractivity contribution < 1.29 is 9.90 Å². The number of rotatable bonds is 6. The summed E-state index contributed by atoms with van der Waals surface area (Å²) in [5, 5.41) is 11.1. The van der Waals surface area contributed by atoms with E-state index in [1.807, 2.05) is 13.0 Å². The van der Waals surface area contributed by atoms with Gasteiger partial charge in [0, 0.05) is 11.1 Å². The van der Waals surface area contributed by atoms with Gasteiger partial charge in [0.25, 0.3) is 5.91 Å². The molecule has 2 aromatic rings. The summed E-state index contributed by atoms with van der Waals surface area (Å²) in [6.07, 6.45) is 3.21. The van der Waals surface area contributed by atoms with E-state index in [0.717, 1.165) is 30.5 Å². The van der Waals surface area contributed by atoms with Crippen molar-refractivity contribution in [1.82, 2.24) is 4.98 Å². The molecule has 21 heavy (non-hydrogen) atoms. The normalized spacial score (nSPS) is 12.7. The molecule has 6 heteroatoms. The minimum atomic E-state index is -0.599. The summed E-state index contributed by atoms with van der Waals surface area (Å²) in [6, 6.07) is 1.84. The van der Waals surface area contributed by atoms with Crippen molar-refractivity contribution in [3.8, 4) is 0 Å². The number of hydrogen-bond acceptors (Lipinski definition) is 5. The zero-order chi connectivity index (χ0) is 15.6. The van der Waals surface area contributed by atoms with E-state index < -0.39 is 12.0 Å². The number of unbranched alkanes of at least 4 members (excludes halogenated alkanes) is 2. The van der Waals surface area contributed by atoms with Crippen LogP contribution in [0.2, 0.25) is 0 Å². The maximum atomic E-state index is 11.4. The number of pyridine rings is 1. The maximum Gasteiger partial charge on any atom is 0.260 e. The number of aryl methyl sites for hydroxylation is 1. The Morgan fingerprint density at radius 2 is 2.19 bits per heavy atom. The van der Waals surface area contributed by atoms with Gasteiger partial charge in [-0.05, 0) is 25.0 Å². The van der Waals surface area contributed by atoms with Crippen LogP contribution in [0, 0.1) is 6.92 Å². The third-order valence-electron chi connectivity index (χ3n) is 3.52. The molecule has 1 unspecified atom stereocenters. The van der Waals surface area contributed by atoms with E-state index >= 15 is 0 Å². The molecule has 0 radical (unpaired) electrons. The van der Waals surface area contributed by atoms with Gasteiger partial charge in [-0.1, -0.05) is 26.2 Å². The lowest BCUT2D eigenvalue weighted by Crippen LogP contribution is -2.11. The van der Waals surface area contributed by atoms with E-state index in [9.17, 15) is 9.90 Å². The number of primary amides is 1. The lowest BCUT2D eigenvalue weighted by molar-refractivity contribution is 0.100. The first kappa shape index (κ1) is 15.7. The first-order chi connectivity index (χ1) is 9.95. The number of anilines is 1. The second-order valence-electron chi connectivity index (χ2n) is 5.25. The van der Waals surface area contributed by atoms with Crippen LogP contribution < -0.4 is 11.5 Å². The zero-order valence-electron chi connectivity index (χ0n) is 12.3. The Kier molecular flexibility index (Phi) is 4.80. The average Bonchev–Trinajstić information content (AvgIpc) is 2.75. The van der Waals surface area contributed by atoms with Crippen LogP contribution >= 0.6 is 11.3 Å². The highest BCUT2D eigenvalue weighted by atomic mass is 32.1. The molecule has 1 amide bonds. The average molecular weight is 307 g/mol. The number of hydrogen-bond donors (Lipinski definition) is 3. The Labute approximate surface area is 128 Å². The van der Waals surface area contributed by atoms with Gasteiger partial charge in [0.05, 0.1) is 11.8 Å². The van der Waals surface area contributed by atoms with Gasteiger partial charge in [0.2, 0.25) is 0 Å². The third-order valence-corrected chi connectivity index (χ3v) is 4.64. The molecule has 5 nitrogen and oxygen atoms in total. The molecule has 0 saturated heterocycles. The molecule has 1 atom stereocenters. The molecule has 0 aliphatic heterocycles. The minimum Gasteiger partial charge on any atom is -0.397 e. The summed E-state index contributed by atoms with van der Waals surface area (Å²) >= 11 is 1.18. The van der Waals surface area contributed by atoms with Crippen LogP contribution in [0.15, 0.2) is 6.07 Å².